The highest BCUT2D eigenvalue weighted by atomic mass is 15.2. The average Bonchev–Trinajstić information content (AvgIpc) is 2.88. The molecule has 1 aliphatic heterocycles. The average molecular weight is 252 g/mol. The highest BCUT2D eigenvalue weighted by molar-refractivity contribution is 5.82. The number of fused-ring (bicyclic) bond motifs is 2. The molecule has 2 aromatic rings. The van der Waals surface area contributed by atoms with Gasteiger partial charge in [0.2, 0.25) is 0 Å². The van der Waals surface area contributed by atoms with Crippen LogP contribution in [0.4, 0.5) is 5.82 Å². The molecule has 1 saturated carbocycles. The van der Waals surface area contributed by atoms with Gasteiger partial charge in [-0.3, -0.25) is 0 Å². The number of pyridine rings is 1. The van der Waals surface area contributed by atoms with E-state index in [1.54, 1.807) is 0 Å². The second-order valence-corrected chi connectivity index (χ2v) is 5.90. The number of rotatable bonds is 1. The third-order valence-electron chi connectivity index (χ3n) is 4.69. The Bertz CT molecular complexity index is 599. The zero-order valence-corrected chi connectivity index (χ0v) is 11.3. The Balaban J connectivity index is 1.74. The molecule has 0 amide bonds. The minimum Gasteiger partial charge on any atom is -0.353 e. The van der Waals surface area contributed by atoms with Crippen molar-refractivity contribution in [2.75, 3.05) is 11.4 Å². The molecule has 0 bridgehead atoms. The van der Waals surface area contributed by atoms with Crippen molar-refractivity contribution in [3.63, 3.8) is 0 Å². The van der Waals surface area contributed by atoms with E-state index in [1.807, 2.05) is 0 Å². The summed E-state index contributed by atoms with van der Waals surface area (Å²) in [5.41, 5.74) is 2.59. The predicted molar refractivity (Wildman–Crippen MR) is 79.7 cm³/mol. The van der Waals surface area contributed by atoms with E-state index >= 15 is 0 Å². The minimum absolute atomic E-state index is 0.740. The second kappa shape index (κ2) is 4.52. The quantitative estimate of drug-likeness (QED) is 0.764. The molecule has 19 heavy (non-hydrogen) atoms. The van der Waals surface area contributed by atoms with Gasteiger partial charge < -0.3 is 4.90 Å². The van der Waals surface area contributed by atoms with Crippen molar-refractivity contribution in [1.82, 2.24) is 4.98 Å². The van der Waals surface area contributed by atoms with E-state index < -0.39 is 0 Å². The van der Waals surface area contributed by atoms with Crippen LogP contribution < -0.4 is 4.90 Å². The first kappa shape index (κ1) is 11.3. The maximum Gasteiger partial charge on any atom is 0.132 e. The first-order valence-electron chi connectivity index (χ1n) is 7.57. The van der Waals surface area contributed by atoms with Gasteiger partial charge in [0.1, 0.15) is 5.82 Å². The molecule has 98 valence electrons. The lowest BCUT2D eigenvalue weighted by molar-refractivity contribution is 0.419. The summed E-state index contributed by atoms with van der Waals surface area (Å²) in [4.78, 5) is 7.52. The summed E-state index contributed by atoms with van der Waals surface area (Å²) in [5, 5.41) is 1.28. The maximum atomic E-state index is 4.94. The fourth-order valence-electron chi connectivity index (χ4n) is 3.68. The van der Waals surface area contributed by atoms with Crippen molar-refractivity contribution in [2.24, 2.45) is 0 Å². The molecule has 1 aromatic heterocycles. The third kappa shape index (κ3) is 1.90. The molecule has 2 aliphatic rings. The van der Waals surface area contributed by atoms with Crippen molar-refractivity contribution in [3.05, 3.63) is 35.9 Å². The number of hydrogen-bond donors (Lipinski definition) is 0. The van der Waals surface area contributed by atoms with Gasteiger partial charge in [-0.15, -0.1) is 0 Å². The fraction of sp³-hybridized carbons (Fsp3) is 0.471. The first-order valence-corrected chi connectivity index (χ1v) is 7.57. The summed E-state index contributed by atoms with van der Waals surface area (Å²) >= 11 is 0. The molecule has 1 fully saturated rings. The maximum absolute atomic E-state index is 4.94. The van der Waals surface area contributed by atoms with Gasteiger partial charge in [-0.05, 0) is 37.0 Å². The van der Waals surface area contributed by atoms with Gasteiger partial charge >= 0.3 is 0 Å². The number of hydrogen-bond acceptors (Lipinski definition) is 2. The largest absolute Gasteiger partial charge is 0.353 e. The molecule has 0 spiro atoms. The van der Waals surface area contributed by atoms with Crippen LogP contribution in [0.25, 0.3) is 10.9 Å². The number of anilines is 1. The molecule has 1 aromatic carbocycles. The van der Waals surface area contributed by atoms with E-state index in [9.17, 15) is 0 Å². The molecule has 4 rings (SSSR count). The van der Waals surface area contributed by atoms with Gasteiger partial charge in [0.15, 0.2) is 0 Å². The van der Waals surface area contributed by atoms with E-state index in [-0.39, 0.29) is 0 Å². The minimum atomic E-state index is 0.740. The number of nitrogens with zero attached hydrogens (tertiary/aromatic N) is 2. The van der Waals surface area contributed by atoms with Crippen molar-refractivity contribution in [1.29, 1.82) is 0 Å². The molecule has 2 heteroatoms. The second-order valence-electron chi connectivity index (χ2n) is 5.90. The van der Waals surface area contributed by atoms with Crippen LogP contribution in [-0.4, -0.2) is 17.6 Å². The van der Waals surface area contributed by atoms with Crippen LogP contribution in [0, 0.1) is 0 Å². The fourth-order valence-corrected chi connectivity index (χ4v) is 3.68. The number of aromatic nitrogens is 1. The van der Waals surface area contributed by atoms with Crippen LogP contribution in [0.2, 0.25) is 0 Å². The SMILES string of the molecule is c1ccc2nc3c(cc2c1)CCN3C1CCCCC1. The van der Waals surface area contributed by atoms with Gasteiger partial charge in [0.05, 0.1) is 5.52 Å². The van der Waals surface area contributed by atoms with Crippen molar-refractivity contribution in [2.45, 2.75) is 44.6 Å². The van der Waals surface area contributed by atoms with E-state index in [4.69, 9.17) is 4.98 Å². The van der Waals surface area contributed by atoms with Gasteiger partial charge in [-0.2, -0.15) is 0 Å². The zero-order valence-electron chi connectivity index (χ0n) is 11.3. The molecule has 0 saturated heterocycles. The van der Waals surface area contributed by atoms with E-state index in [0.717, 1.165) is 11.6 Å². The summed E-state index contributed by atoms with van der Waals surface area (Å²) in [6.45, 7) is 1.17. The lowest BCUT2D eigenvalue weighted by atomic mass is 9.94. The van der Waals surface area contributed by atoms with E-state index in [1.165, 1.54) is 61.8 Å². The predicted octanol–water partition coefficient (Wildman–Crippen LogP) is 3.93. The Morgan fingerprint density at radius 2 is 1.89 bits per heavy atom. The Kier molecular flexibility index (Phi) is 2.68. The van der Waals surface area contributed by atoms with Crippen LogP contribution in [0.1, 0.15) is 37.7 Å². The summed E-state index contributed by atoms with van der Waals surface area (Å²) in [6, 6.07) is 11.6. The molecule has 2 heterocycles. The molecule has 0 radical (unpaired) electrons. The third-order valence-corrected chi connectivity index (χ3v) is 4.69. The van der Waals surface area contributed by atoms with Crippen LogP contribution in [0.15, 0.2) is 30.3 Å². The lowest BCUT2D eigenvalue weighted by Gasteiger charge is -2.32. The summed E-state index contributed by atoms with van der Waals surface area (Å²) in [5.74, 6) is 1.27. The van der Waals surface area contributed by atoms with Gasteiger partial charge in [0, 0.05) is 18.0 Å². The van der Waals surface area contributed by atoms with Gasteiger partial charge in [-0.25, -0.2) is 4.98 Å². The van der Waals surface area contributed by atoms with Crippen molar-refractivity contribution in [3.8, 4) is 0 Å². The van der Waals surface area contributed by atoms with Crippen molar-refractivity contribution >= 4 is 16.7 Å². The van der Waals surface area contributed by atoms with Gasteiger partial charge in [-0.1, -0.05) is 37.5 Å². The standard InChI is InChI=1S/C17H20N2/c1-2-7-15(8-3-1)19-11-10-14-12-13-6-4-5-9-16(13)18-17(14)19/h4-6,9,12,15H,1-3,7-8,10-11H2. The molecule has 0 N–H and O–H groups in total. The lowest BCUT2D eigenvalue weighted by Crippen LogP contribution is -2.35. The Morgan fingerprint density at radius 3 is 2.79 bits per heavy atom. The normalized spacial score (nSPS) is 19.9. The van der Waals surface area contributed by atoms with Crippen LogP contribution in [0.3, 0.4) is 0 Å². The highest BCUT2D eigenvalue weighted by Gasteiger charge is 2.28. The van der Waals surface area contributed by atoms with E-state index in [2.05, 4.69) is 35.2 Å². The van der Waals surface area contributed by atoms with Crippen LogP contribution in [0.5, 0.6) is 0 Å². The highest BCUT2D eigenvalue weighted by Crippen LogP contribution is 2.34. The summed E-state index contributed by atoms with van der Waals surface area (Å²) < 4.78 is 0. The van der Waals surface area contributed by atoms with Crippen LogP contribution >= 0.6 is 0 Å². The Hall–Kier alpha value is -1.57. The number of benzene rings is 1. The smallest absolute Gasteiger partial charge is 0.132 e. The summed E-state index contributed by atoms with van der Waals surface area (Å²) in [7, 11) is 0. The number of para-hydroxylation sites is 1. The Labute approximate surface area is 114 Å². The van der Waals surface area contributed by atoms with Crippen LogP contribution in [-0.2, 0) is 6.42 Å². The molecule has 0 atom stereocenters. The first-order chi connectivity index (χ1) is 9.42. The molecule has 2 nitrogen and oxygen atoms in total. The molecular weight excluding hydrogens is 232 g/mol. The molecule has 0 unspecified atom stereocenters. The topological polar surface area (TPSA) is 16.1 Å². The zero-order chi connectivity index (χ0) is 12.7. The van der Waals surface area contributed by atoms with Crippen molar-refractivity contribution < 1.29 is 0 Å². The van der Waals surface area contributed by atoms with Gasteiger partial charge in [0.25, 0.3) is 0 Å². The summed E-state index contributed by atoms with van der Waals surface area (Å²) in [6.07, 6.45) is 8.09. The molecule has 1 aliphatic carbocycles. The monoisotopic (exact) mass is 252 g/mol. The van der Waals surface area contributed by atoms with E-state index in [0.29, 0.717) is 0 Å². The molecular formula is C17H20N2. The Morgan fingerprint density at radius 1 is 1.05 bits per heavy atom.